The standard InChI is InChI=1S/C20H16N2O2/c1-14-9-11-15(12-10-14)19(23)16-6-2-3-7-17(16)20(24)22-18-8-4-5-13-21-18/h2-13H,1H3,(H,21,22,24). The molecular formula is C20H16N2O2. The van der Waals surface area contributed by atoms with Crippen molar-refractivity contribution in [3.05, 3.63) is 95.2 Å². The van der Waals surface area contributed by atoms with Gasteiger partial charge in [0.2, 0.25) is 0 Å². The minimum Gasteiger partial charge on any atom is -0.307 e. The van der Waals surface area contributed by atoms with Gasteiger partial charge in [0, 0.05) is 17.3 Å². The second-order valence-corrected chi connectivity index (χ2v) is 5.41. The first-order valence-corrected chi connectivity index (χ1v) is 7.58. The Labute approximate surface area is 140 Å². The van der Waals surface area contributed by atoms with Crippen LogP contribution in [0.4, 0.5) is 5.82 Å². The summed E-state index contributed by atoms with van der Waals surface area (Å²) in [7, 11) is 0. The number of carbonyl (C=O) groups is 2. The van der Waals surface area contributed by atoms with Gasteiger partial charge in [-0.1, -0.05) is 54.1 Å². The van der Waals surface area contributed by atoms with Gasteiger partial charge in [0.05, 0.1) is 5.56 Å². The molecule has 1 heterocycles. The molecule has 0 unspecified atom stereocenters. The zero-order valence-electron chi connectivity index (χ0n) is 13.2. The lowest BCUT2D eigenvalue weighted by molar-refractivity contribution is 0.0996. The molecule has 4 nitrogen and oxygen atoms in total. The molecule has 0 aliphatic rings. The molecule has 0 radical (unpaired) electrons. The molecule has 1 N–H and O–H groups in total. The molecule has 0 bridgehead atoms. The smallest absolute Gasteiger partial charge is 0.257 e. The molecule has 0 atom stereocenters. The van der Waals surface area contributed by atoms with Gasteiger partial charge in [0.15, 0.2) is 5.78 Å². The van der Waals surface area contributed by atoms with Gasteiger partial charge in [-0.25, -0.2) is 4.98 Å². The van der Waals surface area contributed by atoms with Crippen molar-refractivity contribution in [2.45, 2.75) is 6.92 Å². The highest BCUT2D eigenvalue weighted by Gasteiger charge is 2.18. The molecule has 0 spiro atoms. The average molecular weight is 316 g/mol. The Morgan fingerprint density at radius 2 is 1.50 bits per heavy atom. The van der Waals surface area contributed by atoms with Crippen LogP contribution in [0, 0.1) is 6.92 Å². The lowest BCUT2D eigenvalue weighted by atomic mass is 9.97. The van der Waals surface area contributed by atoms with E-state index in [1.165, 1.54) is 0 Å². The Kier molecular flexibility index (Phi) is 4.47. The molecule has 24 heavy (non-hydrogen) atoms. The minimum absolute atomic E-state index is 0.179. The second kappa shape index (κ2) is 6.87. The second-order valence-electron chi connectivity index (χ2n) is 5.41. The monoisotopic (exact) mass is 316 g/mol. The van der Waals surface area contributed by atoms with Gasteiger partial charge in [0.1, 0.15) is 5.82 Å². The fourth-order valence-electron chi connectivity index (χ4n) is 2.36. The van der Waals surface area contributed by atoms with Crippen LogP contribution in [0.1, 0.15) is 31.8 Å². The van der Waals surface area contributed by atoms with E-state index in [9.17, 15) is 9.59 Å². The van der Waals surface area contributed by atoms with Crippen LogP contribution in [0.5, 0.6) is 0 Å². The van der Waals surface area contributed by atoms with Crippen molar-refractivity contribution in [1.82, 2.24) is 4.98 Å². The summed E-state index contributed by atoms with van der Waals surface area (Å²) in [5, 5.41) is 2.71. The van der Waals surface area contributed by atoms with Crippen LogP contribution in [0.2, 0.25) is 0 Å². The number of ketones is 1. The van der Waals surface area contributed by atoms with E-state index in [-0.39, 0.29) is 11.7 Å². The fraction of sp³-hybridized carbons (Fsp3) is 0.0500. The van der Waals surface area contributed by atoms with Crippen LogP contribution < -0.4 is 5.32 Å². The molecule has 4 heteroatoms. The van der Waals surface area contributed by atoms with E-state index in [0.29, 0.717) is 22.5 Å². The van der Waals surface area contributed by atoms with Gasteiger partial charge in [-0.3, -0.25) is 9.59 Å². The van der Waals surface area contributed by atoms with Crippen molar-refractivity contribution in [2.75, 3.05) is 5.32 Å². The molecule has 1 aromatic heterocycles. The Morgan fingerprint density at radius 1 is 0.833 bits per heavy atom. The Hall–Kier alpha value is -3.27. The zero-order valence-corrected chi connectivity index (χ0v) is 13.2. The highest BCUT2D eigenvalue weighted by Crippen LogP contribution is 2.17. The molecule has 0 aliphatic carbocycles. The summed E-state index contributed by atoms with van der Waals surface area (Å²) < 4.78 is 0. The summed E-state index contributed by atoms with van der Waals surface area (Å²) >= 11 is 0. The maximum Gasteiger partial charge on any atom is 0.257 e. The summed E-state index contributed by atoms with van der Waals surface area (Å²) in [6.07, 6.45) is 1.60. The van der Waals surface area contributed by atoms with Crippen LogP contribution in [0.15, 0.2) is 72.9 Å². The van der Waals surface area contributed by atoms with Gasteiger partial charge in [-0.05, 0) is 25.1 Å². The number of amides is 1. The molecule has 3 rings (SSSR count). The SMILES string of the molecule is Cc1ccc(C(=O)c2ccccc2C(=O)Nc2ccccn2)cc1. The summed E-state index contributed by atoms with van der Waals surface area (Å²) in [5.41, 5.74) is 2.33. The van der Waals surface area contributed by atoms with Crippen molar-refractivity contribution in [3.8, 4) is 0 Å². The number of hydrogen-bond acceptors (Lipinski definition) is 3. The van der Waals surface area contributed by atoms with Gasteiger partial charge < -0.3 is 5.32 Å². The summed E-state index contributed by atoms with van der Waals surface area (Å²) in [6.45, 7) is 1.96. The third kappa shape index (κ3) is 3.38. The Bertz CT molecular complexity index is 872. The van der Waals surface area contributed by atoms with Crippen LogP contribution in [-0.2, 0) is 0 Å². The first-order valence-electron chi connectivity index (χ1n) is 7.58. The number of aromatic nitrogens is 1. The number of anilines is 1. The molecule has 2 aromatic carbocycles. The number of rotatable bonds is 4. The van der Waals surface area contributed by atoms with Gasteiger partial charge in [-0.2, -0.15) is 0 Å². The van der Waals surface area contributed by atoms with Crippen molar-refractivity contribution in [2.24, 2.45) is 0 Å². The summed E-state index contributed by atoms with van der Waals surface area (Å²) in [6, 6.07) is 19.3. The highest BCUT2D eigenvalue weighted by molar-refractivity contribution is 6.17. The van der Waals surface area contributed by atoms with Gasteiger partial charge in [0.25, 0.3) is 5.91 Å². The zero-order chi connectivity index (χ0) is 16.9. The van der Waals surface area contributed by atoms with Crippen molar-refractivity contribution in [3.63, 3.8) is 0 Å². The van der Waals surface area contributed by atoms with E-state index in [2.05, 4.69) is 10.3 Å². The molecular weight excluding hydrogens is 300 g/mol. The summed E-state index contributed by atoms with van der Waals surface area (Å²) in [5.74, 6) is -0.0911. The molecule has 0 saturated carbocycles. The molecule has 1 amide bonds. The van der Waals surface area contributed by atoms with Crippen LogP contribution in [-0.4, -0.2) is 16.7 Å². The van der Waals surface area contributed by atoms with E-state index in [1.807, 2.05) is 19.1 Å². The van der Waals surface area contributed by atoms with E-state index in [4.69, 9.17) is 0 Å². The molecule has 118 valence electrons. The van der Waals surface area contributed by atoms with Crippen LogP contribution in [0.25, 0.3) is 0 Å². The van der Waals surface area contributed by atoms with E-state index < -0.39 is 0 Å². The van der Waals surface area contributed by atoms with Crippen molar-refractivity contribution < 1.29 is 9.59 Å². The molecule has 3 aromatic rings. The third-order valence-corrected chi connectivity index (χ3v) is 3.64. The van der Waals surface area contributed by atoms with E-state index in [0.717, 1.165) is 5.56 Å². The van der Waals surface area contributed by atoms with E-state index >= 15 is 0 Å². The number of benzene rings is 2. The molecule has 0 fully saturated rings. The minimum atomic E-state index is -0.357. The van der Waals surface area contributed by atoms with E-state index in [1.54, 1.807) is 60.8 Å². The van der Waals surface area contributed by atoms with Gasteiger partial charge in [-0.15, -0.1) is 0 Å². The number of nitrogens with one attached hydrogen (secondary N) is 1. The van der Waals surface area contributed by atoms with Crippen LogP contribution in [0.3, 0.4) is 0 Å². The first-order chi connectivity index (χ1) is 11.6. The van der Waals surface area contributed by atoms with Gasteiger partial charge >= 0.3 is 0 Å². The lowest BCUT2D eigenvalue weighted by Crippen LogP contribution is -2.17. The number of hydrogen-bond donors (Lipinski definition) is 1. The number of nitrogens with zero attached hydrogens (tertiary/aromatic N) is 1. The lowest BCUT2D eigenvalue weighted by Gasteiger charge is -2.09. The third-order valence-electron chi connectivity index (χ3n) is 3.64. The maximum atomic E-state index is 12.7. The number of pyridine rings is 1. The molecule has 0 aliphatic heterocycles. The number of carbonyl (C=O) groups excluding carboxylic acids is 2. The average Bonchev–Trinajstić information content (AvgIpc) is 2.62. The predicted octanol–water partition coefficient (Wildman–Crippen LogP) is 3.87. The maximum absolute atomic E-state index is 12.7. The number of aryl methyl sites for hydroxylation is 1. The largest absolute Gasteiger partial charge is 0.307 e. The van der Waals surface area contributed by atoms with Crippen molar-refractivity contribution in [1.29, 1.82) is 0 Å². The predicted molar refractivity (Wildman–Crippen MR) is 93.2 cm³/mol. The first kappa shape index (κ1) is 15.6. The topological polar surface area (TPSA) is 59.1 Å². The highest BCUT2D eigenvalue weighted by atomic mass is 16.2. The Balaban J connectivity index is 1.91. The molecule has 0 saturated heterocycles. The Morgan fingerprint density at radius 3 is 2.17 bits per heavy atom. The quantitative estimate of drug-likeness (QED) is 0.743. The van der Waals surface area contributed by atoms with Crippen molar-refractivity contribution >= 4 is 17.5 Å². The fourth-order valence-corrected chi connectivity index (χ4v) is 2.36. The summed E-state index contributed by atoms with van der Waals surface area (Å²) in [4.78, 5) is 29.3. The normalized spacial score (nSPS) is 10.2. The van der Waals surface area contributed by atoms with Crippen LogP contribution >= 0.6 is 0 Å².